The van der Waals surface area contributed by atoms with Crippen molar-refractivity contribution in [2.75, 3.05) is 37.9 Å². The smallest absolute Gasteiger partial charge is 0.296 e. The molecule has 2 saturated heterocycles. The molecule has 2 atom stereocenters. The van der Waals surface area contributed by atoms with E-state index in [1.807, 2.05) is 29.2 Å². The van der Waals surface area contributed by atoms with Crippen LogP contribution in [0.25, 0.3) is 0 Å². The first kappa shape index (κ1) is 15.8. The summed E-state index contributed by atoms with van der Waals surface area (Å²) in [5.74, 6) is -1.27. The zero-order valence-electron chi connectivity index (χ0n) is 14.4. The summed E-state index contributed by atoms with van der Waals surface area (Å²) in [6.07, 6.45) is 4.35. The van der Waals surface area contributed by atoms with Gasteiger partial charge in [-0.15, -0.1) is 0 Å². The third kappa shape index (κ3) is 2.43. The molecule has 1 amide bonds. The molecule has 5 rings (SSSR count). The van der Waals surface area contributed by atoms with E-state index in [-0.39, 0.29) is 18.1 Å². The monoisotopic (exact) mass is 345 g/mol. The summed E-state index contributed by atoms with van der Waals surface area (Å²) in [7, 11) is 0. The van der Waals surface area contributed by atoms with Crippen LogP contribution in [-0.4, -0.2) is 51.1 Å². The Kier molecular flexibility index (Phi) is 3.82. The van der Waals surface area contributed by atoms with E-state index in [1.54, 1.807) is 0 Å². The first-order valence-corrected chi connectivity index (χ1v) is 9.46. The van der Waals surface area contributed by atoms with Gasteiger partial charge in [0.25, 0.3) is 11.7 Å². The van der Waals surface area contributed by atoms with Gasteiger partial charge in [0.1, 0.15) is 13.1 Å². The number of rotatable bonds is 2. The van der Waals surface area contributed by atoms with Crippen LogP contribution in [0.2, 0.25) is 0 Å². The largest absolute Gasteiger partial charge is 0.370 e. The number of carbonyl (C=O) groups excluding carboxylic acids is 1. The molecule has 6 heteroatoms. The van der Waals surface area contributed by atoms with Gasteiger partial charge in [-0.25, -0.2) is 0 Å². The quantitative estimate of drug-likeness (QED) is 0.844. The molecule has 0 aromatic heterocycles. The van der Waals surface area contributed by atoms with E-state index in [9.17, 15) is 4.79 Å². The average molecular weight is 345 g/mol. The van der Waals surface area contributed by atoms with Crippen molar-refractivity contribution in [2.24, 2.45) is 0 Å². The summed E-state index contributed by atoms with van der Waals surface area (Å²) in [5, 5.41) is 0. The highest BCUT2D eigenvalue weighted by Crippen LogP contribution is 2.50. The Morgan fingerprint density at radius 2 is 1.76 bits per heavy atom. The summed E-state index contributed by atoms with van der Waals surface area (Å²) in [6.45, 7) is 3.99. The van der Waals surface area contributed by atoms with E-state index >= 15 is 0 Å². The highest BCUT2D eigenvalue weighted by molar-refractivity contribution is 6.06. The fraction of sp³-hybridized carbons (Fsp3) is 0.632. The highest BCUT2D eigenvalue weighted by Gasteiger charge is 2.61. The Morgan fingerprint density at radius 1 is 1.08 bits per heavy atom. The molecule has 0 radical (unpaired) electrons. The first-order chi connectivity index (χ1) is 12.3. The minimum Gasteiger partial charge on any atom is -0.370 e. The second-order valence-corrected chi connectivity index (χ2v) is 7.48. The van der Waals surface area contributed by atoms with Gasteiger partial charge in [0.2, 0.25) is 0 Å². The zero-order valence-corrected chi connectivity index (χ0v) is 14.4. The molecule has 1 aromatic carbocycles. The van der Waals surface area contributed by atoms with Crippen LogP contribution in [0.15, 0.2) is 24.3 Å². The fourth-order valence-electron chi connectivity index (χ4n) is 4.60. The molecule has 4 aliphatic rings. The number of carbonyl (C=O) groups is 1. The minimum absolute atomic E-state index is 0.0430. The summed E-state index contributed by atoms with van der Waals surface area (Å²) in [4.78, 5) is 16.7. The molecular formula is C19H25N2O4+. The van der Waals surface area contributed by atoms with Gasteiger partial charge in [-0.1, -0.05) is 31.0 Å². The number of hydrogen-bond donors (Lipinski definition) is 1. The van der Waals surface area contributed by atoms with Crippen molar-refractivity contribution in [3.63, 3.8) is 0 Å². The lowest BCUT2D eigenvalue weighted by Gasteiger charge is -2.29. The predicted octanol–water partition coefficient (Wildman–Crippen LogP) is 0.417. The van der Waals surface area contributed by atoms with Crippen LogP contribution in [0.3, 0.4) is 0 Å². The fourth-order valence-corrected chi connectivity index (χ4v) is 4.60. The van der Waals surface area contributed by atoms with Crippen molar-refractivity contribution >= 4 is 11.6 Å². The minimum atomic E-state index is -1.22. The lowest BCUT2D eigenvalue weighted by molar-refractivity contribution is -0.906. The van der Waals surface area contributed by atoms with Crippen LogP contribution in [0.4, 0.5) is 5.69 Å². The molecule has 2 unspecified atom stereocenters. The Bertz CT molecular complexity index is 659. The van der Waals surface area contributed by atoms with E-state index in [0.717, 1.165) is 63.2 Å². The normalized spacial score (nSPS) is 35.2. The maximum absolute atomic E-state index is 13.4. The highest BCUT2D eigenvalue weighted by atomic mass is 16.8. The van der Waals surface area contributed by atoms with Gasteiger partial charge in [0.05, 0.1) is 31.1 Å². The van der Waals surface area contributed by atoms with Crippen molar-refractivity contribution < 1.29 is 23.9 Å². The van der Waals surface area contributed by atoms with E-state index < -0.39 is 5.79 Å². The number of hydrogen-bond acceptors (Lipinski definition) is 4. The van der Waals surface area contributed by atoms with Crippen LogP contribution in [0.5, 0.6) is 0 Å². The Labute approximate surface area is 147 Å². The molecule has 3 aliphatic heterocycles. The van der Waals surface area contributed by atoms with Crippen LogP contribution in [0.1, 0.15) is 31.2 Å². The molecule has 1 spiro atoms. The number of anilines is 1. The van der Waals surface area contributed by atoms with E-state index in [1.165, 1.54) is 4.90 Å². The number of morpholine rings is 1. The van der Waals surface area contributed by atoms with Gasteiger partial charge < -0.3 is 19.1 Å². The molecule has 1 N–H and O–H groups in total. The van der Waals surface area contributed by atoms with E-state index in [4.69, 9.17) is 14.2 Å². The number of quaternary nitrogens is 1. The summed E-state index contributed by atoms with van der Waals surface area (Å²) in [5.41, 5.74) is 1.81. The van der Waals surface area contributed by atoms with E-state index in [0.29, 0.717) is 6.67 Å². The number of ether oxygens (including phenoxy) is 3. The maximum Gasteiger partial charge on any atom is 0.296 e. The molecule has 25 heavy (non-hydrogen) atoms. The molecule has 134 valence electrons. The number of amides is 1. The molecule has 1 saturated carbocycles. The third-order valence-corrected chi connectivity index (χ3v) is 5.93. The van der Waals surface area contributed by atoms with Gasteiger partial charge >= 0.3 is 0 Å². The maximum atomic E-state index is 13.4. The van der Waals surface area contributed by atoms with Crippen LogP contribution >= 0.6 is 0 Å². The van der Waals surface area contributed by atoms with Gasteiger partial charge in [0.15, 0.2) is 6.67 Å². The molecule has 1 aliphatic carbocycles. The van der Waals surface area contributed by atoms with Crippen LogP contribution in [0, 0.1) is 0 Å². The van der Waals surface area contributed by atoms with Crippen molar-refractivity contribution in [2.45, 2.75) is 43.7 Å². The van der Waals surface area contributed by atoms with Crippen molar-refractivity contribution in [1.29, 1.82) is 0 Å². The molecule has 0 bridgehead atoms. The predicted molar refractivity (Wildman–Crippen MR) is 90.2 cm³/mol. The second kappa shape index (κ2) is 6.06. The summed E-state index contributed by atoms with van der Waals surface area (Å²) in [6, 6.07) is 7.94. The molecular weight excluding hydrogens is 320 g/mol. The lowest BCUT2D eigenvalue weighted by Crippen LogP contribution is -3.15. The van der Waals surface area contributed by atoms with Gasteiger partial charge in [-0.2, -0.15) is 0 Å². The van der Waals surface area contributed by atoms with E-state index in [2.05, 4.69) is 0 Å². The molecule has 3 heterocycles. The Morgan fingerprint density at radius 3 is 2.48 bits per heavy atom. The number of fused-ring (bicyclic) bond motifs is 3. The molecule has 3 fully saturated rings. The van der Waals surface area contributed by atoms with Crippen molar-refractivity contribution in [3.05, 3.63) is 29.8 Å². The first-order valence-electron chi connectivity index (χ1n) is 9.46. The molecule has 1 aromatic rings. The second-order valence-electron chi connectivity index (χ2n) is 7.48. The van der Waals surface area contributed by atoms with Crippen LogP contribution in [-0.2, 0) is 24.8 Å². The number of benzene rings is 1. The summed E-state index contributed by atoms with van der Waals surface area (Å²) >= 11 is 0. The van der Waals surface area contributed by atoms with Crippen molar-refractivity contribution in [3.8, 4) is 0 Å². The standard InChI is InChI=1S/C19H24N2O4/c22-18-19(24-16-7-3-4-8-17(16)25-19)14-5-1-2-6-15(14)21(18)13-20-9-11-23-12-10-20/h1-2,5-6,16-17H,3-4,7-13H2/p+1. The van der Waals surface area contributed by atoms with Gasteiger partial charge in [-0.05, 0) is 18.9 Å². The SMILES string of the molecule is O=C1N(C[NH+]2CCOCC2)c2ccccc2C12OC1CCCCC1O2. The topological polar surface area (TPSA) is 52.4 Å². The molecule has 6 nitrogen and oxygen atoms in total. The average Bonchev–Trinajstić information content (AvgIpc) is 3.15. The number of nitrogens with one attached hydrogen (secondary N) is 1. The zero-order chi connectivity index (χ0) is 16.9. The third-order valence-electron chi connectivity index (χ3n) is 5.93. The van der Waals surface area contributed by atoms with Gasteiger partial charge in [-0.3, -0.25) is 9.69 Å². The summed E-state index contributed by atoms with van der Waals surface area (Å²) < 4.78 is 18.1. The Balaban J connectivity index is 1.48. The van der Waals surface area contributed by atoms with Crippen LogP contribution < -0.4 is 9.80 Å². The van der Waals surface area contributed by atoms with Gasteiger partial charge in [0, 0.05) is 5.56 Å². The lowest BCUT2D eigenvalue weighted by atomic mass is 9.95. The van der Waals surface area contributed by atoms with Crippen molar-refractivity contribution in [1.82, 2.24) is 0 Å². The number of para-hydroxylation sites is 1. The Hall–Kier alpha value is -1.47. The number of nitrogens with zero attached hydrogens (tertiary/aromatic N) is 1.